The molecule has 2 aromatic rings. The molecule has 0 saturated heterocycles. The van der Waals surface area contributed by atoms with Gasteiger partial charge in [0.1, 0.15) is 0 Å². The molecule has 0 heterocycles. The minimum absolute atomic E-state index is 1.03. The maximum Gasteiger partial charge on any atom is 0.0119 e. The Bertz CT molecular complexity index is 527. The molecule has 1 heteroatoms. The van der Waals surface area contributed by atoms with Crippen LogP contribution in [0.3, 0.4) is 0 Å². The Balaban J connectivity index is 2.10. The zero-order valence-corrected chi connectivity index (χ0v) is 14.0. The van der Waals surface area contributed by atoms with E-state index in [0.717, 1.165) is 12.8 Å². The molecule has 0 atom stereocenters. The number of unbranched alkanes of at least 4 members (excludes halogenated alkanes) is 1. The van der Waals surface area contributed by atoms with Gasteiger partial charge in [0.25, 0.3) is 0 Å². The van der Waals surface area contributed by atoms with E-state index in [0.29, 0.717) is 0 Å². The Hall–Kier alpha value is -1.47. The molecule has 0 unspecified atom stereocenters. The first-order chi connectivity index (χ1) is 10.2. The van der Waals surface area contributed by atoms with Crippen molar-refractivity contribution in [3.05, 3.63) is 76.2 Å². The summed E-state index contributed by atoms with van der Waals surface area (Å²) < 4.78 is 0. The van der Waals surface area contributed by atoms with E-state index >= 15 is 0 Å². The lowest BCUT2D eigenvalue weighted by atomic mass is 10.1. The summed E-state index contributed by atoms with van der Waals surface area (Å²) in [6.45, 7) is 6.50. The number of aryl methyl sites for hydroxylation is 2. The van der Waals surface area contributed by atoms with Crippen LogP contribution in [0.2, 0.25) is 0 Å². The van der Waals surface area contributed by atoms with Crippen LogP contribution in [0.25, 0.3) is 0 Å². The zero-order chi connectivity index (χ0) is 15.1. The topological polar surface area (TPSA) is 0 Å². The Morgan fingerprint density at radius 2 is 1.48 bits per heavy atom. The molecule has 21 heavy (non-hydrogen) atoms. The highest BCUT2D eigenvalue weighted by Gasteiger charge is 2.03. The number of rotatable bonds is 6. The predicted octanol–water partition coefficient (Wildman–Crippen LogP) is 6.32. The molecule has 0 aliphatic heterocycles. The highest BCUT2D eigenvalue weighted by Crippen LogP contribution is 2.30. The molecule has 2 rings (SSSR count). The highest BCUT2D eigenvalue weighted by molar-refractivity contribution is 8.03. The van der Waals surface area contributed by atoms with Crippen molar-refractivity contribution in [3.8, 4) is 0 Å². The summed E-state index contributed by atoms with van der Waals surface area (Å²) >= 11 is 1.90. The van der Waals surface area contributed by atoms with Crippen LogP contribution in [-0.4, -0.2) is 0 Å². The van der Waals surface area contributed by atoms with Crippen LogP contribution in [0.4, 0.5) is 0 Å². The Labute approximate surface area is 133 Å². The Morgan fingerprint density at radius 3 is 2.05 bits per heavy atom. The molecule has 0 bridgehead atoms. The van der Waals surface area contributed by atoms with Gasteiger partial charge >= 0.3 is 0 Å². The monoisotopic (exact) mass is 296 g/mol. The number of benzene rings is 2. The average Bonchev–Trinajstić information content (AvgIpc) is 2.49. The molecule has 0 fully saturated rings. The van der Waals surface area contributed by atoms with Crippen molar-refractivity contribution in [2.75, 3.05) is 0 Å². The summed E-state index contributed by atoms with van der Waals surface area (Å²) in [6, 6.07) is 17.7. The van der Waals surface area contributed by atoms with Gasteiger partial charge in [-0.15, -0.1) is 0 Å². The number of allylic oxidation sites excluding steroid dienone is 2. The van der Waals surface area contributed by atoms with Gasteiger partial charge < -0.3 is 0 Å². The van der Waals surface area contributed by atoms with Crippen LogP contribution in [0.1, 0.15) is 36.5 Å². The van der Waals surface area contributed by atoms with Gasteiger partial charge in [-0.2, -0.15) is 0 Å². The van der Waals surface area contributed by atoms with Gasteiger partial charge in [0.2, 0.25) is 0 Å². The van der Waals surface area contributed by atoms with Gasteiger partial charge in [0.05, 0.1) is 0 Å². The molecule has 0 amide bonds. The first kappa shape index (κ1) is 15.9. The average molecular weight is 296 g/mol. The van der Waals surface area contributed by atoms with Crippen LogP contribution < -0.4 is 0 Å². The van der Waals surface area contributed by atoms with Crippen LogP contribution >= 0.6 is 11.8 Å². The zero-order valence-electron chi connectivity index (χ0n) is 13.2. The van der Waals surface area contributed by atoms with E-state index in [1.54, 1.807) is 0 Å². The predicted molar refractivity (Wildman–Crippen MR) is 94.9 cm³/mol. The molecule has 0 aromatic heterocycles. The molecular formula is C20H24S. The van der Waals surface area contributed by atoms with Crippen molar-refractivity contribution in [2.45, 2.75) is 44.9 Å². The number of thioether (sulfide) groups is 1. The summed E-state index contributed by atoms with van der Waals surface area (Å²) in [4.78, 5) is 2.78. The van der Waals surface area contributed by atoms with Crippen molar-refractivity contribution < 1.29 is 0 Å². The van der Waals surface area contributed by atoms with Crippen molar-refractivity contribution >= 4 is 11.8 Å². The largest absolute Gasteiger partial charge is 0.0945 e. The van der Waals surface area contributed by atoms with E-state index in [9.17, 15) is 0 Å². The molecule has 0 aliphatic rings. The summed E-state index contributed by atoms with van der Waals surface area (Å²) in [5.41, 5.74) is 4.03. The molecule has 0 nitrogen and oxygen atoms in total. The third kappa shape index (κ3) is 5.43. The fraction of sp³-hybridized carbons (Fsp3) is 0.300. The molecule has 0 aliphatic carbocycles. The quantitative estimate of drug-likeness (QED) is 0.562. The smallest absolute Gasteiger partial charge is 0.0119 e. The van der Waals surface area contributed by atoms with Gasteiger partial charge in [-0.1, -0.05) is 78.7 Å². The standard InChI is InChI=1S/C20H24S/c1-4-5-6-20(15-18-11-7-16(2)8-12-18)21-19-13-9-17(3)10-14-19/h6-14H,4-5,15H2,1-3H3/b20-6-. The van der Waals surface area contributed by atoms with Crippen molar-refractivity contribution in [1.29, 1.82) is 0 Å². The molecule has 0 N–H and O–H groups in total. The van der Waals surface area contributed by atoms with Gasteiger partial charge in [0.15, 0.2) is 0 Å². The van der Waals surface area contributed by atoms with E-state index < -0.39 is 0 Å². The van der Waals surface area contributed by atoms with Gasteiger partial charge in [0, 0.05) is 11.3 Å². The van der Waals surface area contributed by atoms with E-state index in [1.807, 2.05) is 11.8 Å². The Morgan fingerprint density at radius 1 is 0.905 bits per heavy atom. The molecule has 2 aromatic carbocycles. The summed E-state index contributed by atoms with van der Waals surface area (Å²) in [5.74, 6) is 0. The third-order valence-corrected chi connectivity index (χ3v) is 4.51. The van der Waals surface area contributed by atoms with Crippen molar-refractivity contribution in [1.82, 2.24) is 0 Å². The fourth-order valence-corrected chi connectivity index (χ4v) is 3.13. The second-order valence-corrected chi connectivity index (χ2v) is 6.74. The normalized spacial score (nSPS) is 11.7. The molecule has 0 spiro atoms. The SMILES string of the molecule is CCC/C=C(/Cc1ccc(C)cc1)Sc1ccc(C)cc1. The van der Waals surface area contributed by atoms with Crippen LogP contribution in [-0.2, 0) is 6.42 Å². The number of hydrogen-bond acceptors (Lipinski definition) is 1. The Kier molecular flexibility index (Phi) is 6.13. The van der Waals surface area contributed by atoms with Crippen LogP contribution in [0, 0.1) is 13.8 Å². The maximum absolute atomic E-state index is 2.39. The minimum Gasteiger partial charge on any atom is -0.0945 e. The summed E-state index contributed by atoms with van der Waals surface area (Å²) in [7, 11) is 0. The first-order valence-electron chi connectivity index (χ1n) is 7.66. The lowest BCUT2D eigenvalue weighted by Crippen LogP contribution is -1.88. The fourth-order valence-electron chi connectivity index (χ4n) is 2.12. The van der Waals surface area contributed by atoms with Crippen LogP contribution in [0.15, 0.2) is 64.4 Å². The van der Waals surface area contributed by atoms with E-state index in [-0.39, 0.29) is 0 Å². The first-order valence-corrected chi connectivity index (χ1v) is 8.48. The van der Waals surface area contributed by atoms with Gasteiger partial charge in [-0.25, -0.2) is 0 Å². The lowest BCUT2D eigenvalue weighted by molar-refractivity contribution is 0.951. The third-order valence-electron chi connectivity index (χ3n) is 3.43. The highest BCUT2D eigenvalue weighted by atomic mass is 32.2. The van der Waals surface area contributed by atoms with E-state index in [4.69, 9.17) is 0 Å². The second-order valence-electron chi connectivity index (χ2n) is 5.54. The molecule has 0 radical (unpaired) electrons. The van der Waals surface area contributed by atoms with E-state index in [1.165, 1.54) is 32.9 Å². The van der Waals surface area contributed by atoms with Crippen molar-refractivity contribution in [2.24, 2.45) is 0 Å². The van der Waals surface area contributed by atoms with E-state index in [2.05, 4.69) is 75.4 Å². The maximum atomic E-state index is 2.39. The van der Waals surface area contributed by atoms with Crippen LogP contribution in [0.5, 0.6) is 0 Å². The minimum atomic E-state index is 1.03. The van der Waals surface area contributed by atoms with Gasteiger partial charge in [-0.05, 0) is 42.9 Å². The molecule has 0 saturated carbocycles. The van der Waals surface area contributed by atoms with Crippen molar-refractivity contribution in [3.63, 3.8) is 0 Å². The van der Waals surface area contributed by atoms with Gasteiger partial charge in [-0.3, -0.25) is 0 Å². The summed E-state index contributed by atoms with van der Waals surface area (Å²) in [6.07, 6.45) is 5.77. The molecule has 110 valence electrons. The second kappa shape index (κ2) is 8.09. The summed E-state index contributed by atoms with van der Waals surface area (Å²) in [5, 5.41) is 0. The number of hydrogen-bond donors (Lipinski definition) is 0. The lowest BCUT2D eigenvalue weighted by Gasteiger charge is -2.09. The molecular weight excluding hydrogens is 272 g/mol.